The molecule has 2 amide bonds. The van der Waals surface area contributed by atoms with Crippen LogP contribution in [-0.2, 0) is 4.79 Å². The minimum absolute atomic E-state index is 0.121. The maximum Gasteiger partial charge on any atom is 0.276 e. The molecule has 144 valence electrons. The van der Waals surface area contributed by atoms with E-state index in [0.29, 0.717) is 17.1 Å². The molecule has 2 N–H and O–H groups in total. The molecule has 1 heterocycles. The molecule has 2 aromatic carbocycles. The van der Waals surface area contributed by atoms with Gasteiger partial charge in [-0.25, -0.2) is 9.07 Å². The molecule has 7 heteroatoms. The van der Waals surface area contributed by atoms with Crippen molar-refractivity contribution in [2.45, 2.75) is 20.8 Å². The van der Waals surface area contributed by atoms with Gasteiger partial charge in [-0.1, -0.05) is 32.9 Å². The Bertz CT molecular complexity index is 1020. The Labute approximate surface area is 162 Å². The molecule has 0 saturated heterocycles. The van der Waals surface area contributed by atoms with Gasteiger partial charge in [0, 0.05) is 23.0 Å². The first-order valence-electron chi connectivity index (χ1n) is 8.77. The van der Waals surface area contributed by atoms with Crippen molar-refractivity contribution in [3.63, 3.8) is 0 Å². The van der Waals surface area contributed by atoms with Gasteiger partial charge in [-0.3, -0.25) is 9.59 Å². The summed E-state index contributed by atoms with van der Waals surface area (Å²) in [4.78, 5) is 24.6. The predicted molar refractivity (Wildman–Crippen MR) is 106 cm³/mol. The van der Waals surface area contributed by atoms with Gasteiger partial charge < -0.3 is 10.6 Å². The van der Waals surface area contributed by atoms with Crippen molar-refractivity contribution in [2.75, 3.05) is 10.6 Å². The van der Waals surface area contributed by atoms with E-state index in [0.717, 1.165) is 0 Å². The molecular weight excluding hydrogens is 359 g/mol. The number of carbonyl (C=O) groups excluding carboxylic acids is 2. The molecule has 0 aliphatic rings. The lowest BCUT2D eigenvalue weighted by atomic mass is 9.95. The number of rotatable bonds is 4. The van der Waals surface area contributed by atoms with Crippen molar-refractivity contribution in [3.05, 3.63) is 72.3 Å². The number of amides is 2. The van der Waals surface area contributed by atoms with Gasteiger partial charge >= 0.3 is 0 Å². The maximum atomic E-state index is 13.4. The Morgan fingerprint density at radius 1 is 0.964 bits per heavy atom. The first-order valence-corrected chi connectivity index (χ1v) is 8.77. The van der Waals surface area contributed by atoms with Crippen LogP contribution >= 0.6 is 0 Å². The van der Waals surface area contributed by atoms with E-state index in [1.807, 2.05) is 20.8 Å². The van der Waals surface area contributed by atoms with Crippen LogP contribution in [0.1, 0.15) is 31.3 Å². The number of carbonyl (C=O) groups is 2. The van der Waals surface area contributed by atoms with Crippen LogP contribution in [0.2, 0.25) is 0 Å². The molecule has 0 saturated carbocycles. The number of anilines is 2. The molecule has 0 unspecified atom stereocenters. The summed E-state index contributed by atoms with van der Waals surface area (Å²) in [5.74, 6) is -0.910. The van der Waals surface area contributed by atoms with Crippen LogP contribution in [0.5, 0.6) is 0 Å². The number of nitrogens with zero attached hydrogens (tertiary/aromatic N) is 2. The lowest BCUT2D eigenvalue weighted by Crippen LogP contribution is -2.27. The maximum absolute atomic E-state index is 13.4. The summed E-state index contributed by atoms with van der Waals surface area (Å²) in [6, 6.07) is 14.4. The first-order chi connectivity index (χ1) is 13.2. The zero-order valence-corrected chi connectivity index (χ0v) is 15.9. The average Bonchev–Trinajstić information content (AvgIpc) is 3.11. The van der Waals surface area contributed by atoms with Crippen LogP contribution in [0.15, 0.2) is 60.8 Å². The van der Waals surface area contributed by atoms with E-state index in [4.69, 9.17) is 0 Å². The molecule has 3 rings (SSSR count). The van der Waals surface area contributed by atoms with E-state index in [1.54, 1.807) is 48.7 Å². The Balaban J connectivity index is 1.72. The number of hydrogen-bond acceptors (Lipinski definition) is 3. The summed E-state index contributed by atoms with van der Waals surface area (Å²) in [7, 11) is 0. The van der Waals surface area contributed by atoms with Gasteiger partial charge in [0.2, 0.25) is 5.91 Å². The van der Waals surface area contributed by atoms with E-state index in [2.05, 4.69) is 15.7 Å². The highest BCUT2D eigenvalue weighted by molar-refractivity contribution is 6.03. The molecule has 1 aromatic heterocycles. The summed E-state index contributed by atoms with van der Waals surface area (Å²) in [5.41, 5.74) is 1.29. The van der Waals surface area contributed by atoms with E-state index in [1.165, 1.54) is 16.8 Å². The normalized spacial score (nSPS) is 11.1. The first kappa shape index (κ1) is 19.3. The van der Waals surface area contributed by atoms with Gasteiger partial charge in [-0.15, -0.1) is 0 Å². The van der Waals surface area contributed by atoms with E-state index >= 15 is 0 Å². The molecule has 28 heavy (non-hydrogen) atoms. The second kappa shape index (κ2) is 7.64. The molecule has 0 aliphatic heterocycles. The molecule has 0 bridgehead atoms. The standard InChI is InChI=1S/C21H21FN4O2/c1-21(2,3)20(28)24-16-8-5-7-15(13-16)23-19(27)18-10-11-26(25-18)17-9-4-6-14(22)12-17/h4-13H,1-3H3,(H,23,27)(H,24,28). The quantitative estimate of drug-likeness (QED) is 0.710. The lowest BCUT2D eigenvalue weighted by Gasteiger charge is -2.18. The lowest BCUT2D eigenvalue weighted by molar-refractivity contribution is -0.123. The SMILES string of the molecule is CC(C)(C)C(=O)Nc1cccc(NC(=O)c2ccn(-c3cccc(F)c3)n2)c1. The van der Waals surface area contributed by atoms with Crippen molar-refractivity contribution in [3.8, 4) is 5.69 Å². The van der Waals surface area contributed by atoms with Gasteiger partial charge in [0.05, 0.1) is 5.69 Å². The number of nitrogens with one attached hydrogen (secondary N) is 2. The largest absolute Gasteiger partial charge is 0.326 e. The number of hydrogen-bond donors (Lipinski definition) is 2. The third-order valence-corrected chi connectivity index (χ3v) is 3.95. The van der Waals surface area contributed by atoms with Gasteiger partial charge in [-0.05, 0) is 42.5 Å². The molecule has 6 nitrogen and oxygen atoms in total. The fraction of sp³-hybridized carbons (Fsp3) is 0.190. The van der Waals surface area contributed by atoms with Crippen LogP contribution in [0.3, 0.4) is 0 Å². The predicted octanol–water partition coefficient (Wildman–Crippen LogP) is 4.25. The third kappa shape index (κ3) is 4.62. The highest BCUT2D eigenvalue weighted by Gasteiger charge is 2.21. The summed E-state index contributed by atoms with van der Waals surface area (Å²) >= 11 is 0. The van der Waals surface area contributed by atoms with Gasteiger partial charge in [0.15, 0.2) is 5.69 Å². The Hall–Kier alpha value is -3.48. The number of halogens is 1. The molecule has 0 spiro atoms. The zero-order chi connectivity index (χ0) is 20.3. The fourth-order valence-electron chi connectivity index (χ4n) is 2.40. The molecular formula is C21H21FN4O2. The smallest absolute Gasteiger partial charge is 0.276 e. The Morgan fingerprint density at radius 2 is 1.64 bits per heavy atom. The highest BCUT2D eigenvalue weighted by Crippen LogP contribution is 2.20. The highest BCUT2D eigenvalue weighted by atomic mass is 19.1. The van der Waals surface area contributed by atoms with Crippen molar-refractivity contribution in [1.82, 2.24) is 9.78 Å². The summed E-state index contributed by atoms with van der Waals surface area (Å²) < 4.78 is 14.8. The average molecular weight is 380 g/mol. The fourth-order valence-corrected chi connectivity index (χ4v) is 2.40. The van der Waals surface area contributed by atoms with Crippen molar-refractivity contribution in [1.29, 1.82) is 0 Å². The van der Waals surface area contributed by atoms with Crippen molar-refractivity contribution in [2.24, 2.45) is 5.41 Å². The molecule has 0 atom stereocenters. The molecule has 0 fully saturated rings. The van der Waals surface area contributed by atoms with Gasteiger partial charge in [0.1, 0.15) is 5.82 Å². The second-order valence-corrected chi connectivity index (χ2v) is 7.36. The van der Waals surface area contributed by atoms with Crippen LogP contribution in [0.25, 0.3) is 5.69 Å². The Kier molecular flexibility index (Phi) is 5.26. The van der Waals surface area contributed by atoms with Crippen LogP contribution in [0, 0.1) is 11.2 Å². The van der Waals surface area contributed by atoms with E-state index < -0.39 is 11.3 Å². The minimum atomic E-state index is -0.525. The van der Waals surface area contributed by atoms with Crippen LogP contribution in [-0.4, -0.2) is 21.6 Å². The van der Waals surface area contributed by atoms with E-state index in [-0.39, 0.29) is 17.4 Å². The summed E-state index contributed by atoms with van der Waals surface area (Å²) in [6.45, 7) is 5.47. The van der Waals surface area contributed by atoms with E-state index in [9.17, 15) is 14.0 Å². The van der Waals surface area contributed by atoms with Gasteiger partial charge in [0.25, 0.3) is 5.91 Å². The topological polar surface area (TPSA) is 76.0 Å². The molecule has 0 radical (unpaired) electrons. The number of aromatic nitrogens is 2. The minimum Gasteiger partial charge on any atom is -0.326 e. The summed E-state index contributed by atoms with van der Waals surface area (Å²) in [5, 5.41) is 9.76. The second-order valence-electron chi connectivity index (χ2n) is 7.36. The van der Waals surface area contributed by atoms with Crippen molar-refractivity contribution < 1.29 is 14.0 Å². The molecule has 0 aliphatic carbocycles. The van der Waals surface area contributed by atoms with Gasteiger partial charge in [-0.2, -0.15) is 5.10 Å². The zero-order valence-electron chi connectivity index (χ0n) is 15.9. The van der Waals surface area contributed by atoms with Crippen molar-refractivity contribution >= 4 is 23.2 Å². The van der Waals surface area contributed by atoms with Crippen LogP contribution < -0.4 is 10.6 Å². The third-order valence-electron chi connectivity index (χ3n) is 3.95. The monoisotopic (exact) mass is 380 g/mol. The van der Waals surface area contributed by atoms with Crippen LogP contribution in [0.4, 0.5) is 15.8 Å². The molecule has 3 aromatic rings. The number of benzene rings is 2. The summed E-state index contributed by atoms with van der Waals surface area (Å²) in [6.07, 6.45) is 1.59. The Morgan fingerprint density at radius 3 is 2.32 bits per heavy atom.